The van der Waals surface area contributed by atoms with E-state index in [1.54, 1.807) is 17.8 Å². The van der Waals surface area contributed by atoms with Crippen molar-refractivity contribution in [3.8, 4) is 0 Å². The summed E-state index contributed by atoms with van der Waals surface area (Å²) in [7, 11) is 0. The van der Waals surface area contributed by atoms with Crippen LogP contribution in [-0.4, -0.2) is 18.1 Å². The van der Waals surface area contributed by atoms with Crippen LogP contribution in [0.25, 0.3) is 0 Å². The molecular formula is C14H20F3NS. The Morgan fingerprint density at radius 2 is 1.95 bits per heavy atom. The van der Waals surface area contributed by atoms with Crippen LogP contribution in [0.1, 0.15) is 37.4 Å². The predicted molar refractivity (Wildman–Crippen MR) is 75.5 cm³/mol. The molecule has 0 bridgehead atoms. The van der Waals surface area contributed by atoms with Crippen LogP contribution < -0.4 is 5.32 Å². The van der Waals surface area contributed by atoms with Crippen molar-refractivity contribution in [1.82, 2.24) is 5.32 Å². The molecule has 0 aliphatic carbocycles. The lowest BCUT2D eigenvalue weighted by Gasteiger charge is -2.21. The molecule has 0 amide bonds. The fourth-order valence-electron chi connectivity index (χ4n) is 1.89. The lowest BCUT2D eigenvalue weighted by atomic mass is 10.0. The van der Waals surface area contributed by atoms with Gasteiger partial charge in [-0.05, 0) is 50.0 Å². The maximum atomic E-state index is 12.6. The van der Waals surface area contributed by atoms with Gasteiger partial charge in [0.05, 0.1) is 5.56 Å². The molecule has 0 heterocycles. The van der Waals surface area contributed by atoms with Gasteiger partial charge >= 0.3 is 6.18 Å². The largest absolute Gasteiger partial charge is 0.416 e. The van der Waals surface area contributed by atoms with Crippen LogP contribution in [0.5, 0.6) is 0 Å². The van der Waals surface area contributed by atoms with Crippen molar-refractivity contribution in [2.24, 2.45) is 0 Å². The van der Waals surface area contributed by atoms with Gasteiger partial charge in [-0.2, -0.15) is 24.9 Å². The first-order chi connectivity index (χ1) is 8.84. The molecule has 0 aliphatic rings. The number of rotatable bonds is 6. The number of alkyl halides is 3. The molecule has 5 heteroatoms. The molecule has 2 unspecified atom stereocenters. The molecule has 19 heavy (non-hydrogen) atoms. The highest BCUT2D eigenvalue weighted by Crippen LogP contribution is 2.30. The van der Waals surface area contributed by atoms with E-state index >= 15 is 0 Å². The summed E-state index contributed by atoms with van der Waals surface area (Å²) in [6.07, 6.45) is -1.23. The molecule has 0 spiro atoms. The van der Waals surface area contributed by atoms with Gasteiger partial charge in [-0.1, -0.05) is 12.1 Å². The SMILES string of the molecule is CSCCC(C)NC(C)c1cccc(C(F)(F)F)c1. The van der Waals surface area contributed by atoms with Gasteiger partial charge in [0.1, 0.15) is 0 Å². The van der Waals surface area contributed by atoms with E-state index in [0.717, 1.165) is 18.2 Å². The number of hydrogen-bond acceptors (Lipinski definition) is 2. The molecule has 0 radical (unpaired) electrons. The zero-order valence-electron chi connectivity index (χ0n) is 11.4. The van der Waals surface area contributed by atoms with Gasteiger partial charge in [-0.15, -0.1) is 0 Å². The summed E-state index contributed by atoms with van der Waals surface area (Å²) >= 11 is 1.77. The highest BCUT2D eigenvalue weighted by molar-refractivity contribution is 7.98. The quantitative estimate of drug-likeness (QED) is 0.828. The zero-order chi connectivity index (χ0) is 14.5. The van der Waals surface area contributed by atoms with Crippen LogP contribution in [-0.2, 0) is 6.18 Å². The van der Waals surface area contributed by atoms with Crippen LogP contribution in [0.15, 0.2) is 24.3 Å². The topological polar surface area (TPSA) is 12.0 Å². The second-order valence-corrected chi connectivity index (χ2v) is 5.68. The Morgan fingerprint density at radius 1 is 1.26 bits per heavy atom. The van der Waals surface area contributed by atoms with Gasteiger partial charge < -0.3 is 5.32 Å². The Labute approximate surface area is 117 Å². The normalized spacial score (nSPS) is 15.3. The van der Waals surface area contributed by atoms with Crippen molar-refractivity contribution in [2.75, 3.05) is 12.0 Å². The first-order valence-corrected chi connectivity index (χ1v) is 7.66. The smallest absolute Gasteiger partial charge is 0.308 e. The Hall–Kier alpha value is -0.680. The highest BCUT2D eigenvalue weighted by atomic mass is 32.2. The third-order valence-electron chi connectivity index (χ3n) is 3.00. The Balaban J connectivity index is 2.69. The fraction of sp³-hybridized carbons (Fsp3) is 0.571. The Bertz CT molecular complexity index is 393. The Kier molecular flexibility index (Phi) is 6.20. The minimum absolute atomic E-state index is 0.0841. The summed E-state index contributed by atoms with van der Waals surface area (Å²) in [4.78, 5) is 0. The van der Waals surface area contributed by atoms with Gasteiger partial charge in [-0.25, -0.2) is 0 Å². The van der Waals surface area contributed by atoms with Crippen molar-refractivity contribution >= 4 is 11.8 Å². The molecule has 1 nitrogen and oxygen atoms in total. The molecule has 0 saturated heterocycles. The maximum Gasteiger partial charge on any atom is 0.416 e. The number of hydrogen-bond donors (Lipinski definition) is 1. The third-order valence-corrected chi connectivity index (χ3v) is 3.65. The average Bonchev–Trinajstić information content (AvgIpc) is 2.35. The minimum atomic E-state index is -4.28. The lowest BCUT2D eigenvalue weighted by molar-refractivity contribution is -0.137. The molecule has 2 atom stereocenters. The van der Waals surface area contributed by atoms with E-state index in [1.165, 1.54) is 12.1 Å². The number of halogens is 3. The predicted octanol–water partition coefficient (Wildman–Crippen LogP) is 4.50. The second kappa shape index (κ2) is 7.20. The highest BCUT2D eigenvalue weighted by Gasteiger charge is 2.30. The Morgan fingerprint density at radius 3 is 2.53 bits per heavy atom. The van der Waals surface area contributed by atoms with E-state index in [4.69, 9.17) is 0 Å². The molecule has 0 aromatic heterocycles. The monoisotopic (exact) mass is 291 g/mol. The van der Waals surface area contributed by atoms with Crippen molar-refractivity contribution in [3.05, 3.63) is 35.4 Å². The fourth-order valence-corrected chi connectivity index (χ4v) is 2.47. The first-order valence-electron chi connectivity index (χ1n) is 6.26. The molecular weight excluding hydrogens is 271 g/mol. The molecule has 1 aromatic rings. The summed E-state index contributed by atoms with van der Waals surface area (Å²) in [5, 5.41) is 3.33. The van der Waals surface area contributed by atoms with E-state index in [1.807, 2.05) is 13.2 Å². The molecule has 1 rings (SSSR count). The average molecular weight is 291 g/mol. The summed E-state index contributed by atoms with van der Waals surface area (Å²) in [5.74, 6) is 1.05. The van der Waals surface area contributed by atoms with Gasteiger partial charge in [0, 0.05) is 12.1 Å². The summed E-state index contributed by atoms with van der Waals surface area (Å²) < 4.78 is 37.9. The third kappa shape index (κ3) is 5.45. The number of thioether (sulfide) groups is 1. The number of nitrogens with one attached hydrogen (secondary N) is 1. The van der Waals surface area contributed by atoms with Crippen molar-refractivity contribution in [1.29, 1.82) is 0 Å². The zero-order valence-corrected chi connectivity index (χ0v) is 12.2. The van der Waals surface area contributed by atoms with Crippen LogP contribution in [0.2, 0.25) is 0 Å². The van der Waals surface area contributed by atoms with E-state index < -0.39 is 11.7 Å². The number of benzene rings is 1. The molecule has 1 aromatic carbocycles. The lowest BCUT2D eigenvalue weighted by Crippen LogP contribution is -2.29. The summed E-state index contributed by atoms with van der Waals surface area (Å²) in [5.41, 5.74) is 0.0845. The van der Waals surface area contributed by atoms with E-state index in [2.05, 4.69) is 12.2 Å². The van der Waals surface area contributed by atoms with E-state index in [9.17, 15) is 13.2 Å². The standard InChI is InChI=1S/C14H20F3NS/c1-10(7-8-19-3)18-11(2)12-5-4-6-13(9-12)14(15,16)17/h4-6,9-11,18H,7-8H2,1-3H3. The second-order valence-electron chi connectivity index (χ2n) is 4.69. The molecule has 1 N–H and O–H groups in total. The van der Waals surface area contributed by atoms with E-state index in [-0.39, 0.29) is 12.1 Å². The van der Waals surface area contributed by atoms with Crippen LogP contribution in [0.4, 0.5) is 13.2 Å². The summed E-state index contributed by atoms with van der Waals surface area (Å²) in [6.45, 7) is 3.95. The van der Waals surface area contributed by atoms with E-state index in [0.29, 0.717) is 5.56 Å². The molecule has 108 valence electrons. The van der Waals surface area contributed by atoms with Gasteiger partial charge in [0.25, 0.3) is 0 Å². The minimum Gasteiger partial charge on any atom is -0.308 e. The molecule has 0 aliphatic heterocycles. The van der Waals surface area contributed by atoms with Crippen LogP contribution >= 0.6 is 11.8 Å². The summed E-state index contributed by atoms with van der Waals surface area (Å²) in [6, 6.07) is 5.72. The van der Waals surface area contributed by atoms with Crippen molar-refractivity contribution < 1.29 is 13.2 Å². The van der Waals surface area contributed by atoms with Crippen LogP contribution in [0.3, 0.4) is 0 Å². The van der Waals surface area contributed by atoms with Crippen LogP contribution in [0, 0.1) is 0 Å². The van der Waals surface area contributed by atoms with Crippen molar-refractivity contribution in [2.45, 2.75) is 38.5 Å². The molecule has 0 fully saturated rings. The maximum absolute atomic E-state index is 12.6. The van der Waals surface area contributed by atoms with Gasteiger partial charge in [-0.3, -0.25) is 0 Å². The van der Waals surface area contributed by atoms with Gasteiger partial charge in [0.15, 0.2) is 0 Å². The van der Waals surface area contributed by atoms with Crippen molar-refractivity contribution in [3.63, 3.8) is 0 Å². The molecule has 0 saturated carbocycles. The van der Waals surface area contributed by atoms with Gasteiger partial charge in [0.2, 0.25) is 0 Å². The first kappa shape index (κ1) is 16.4.